The summed E-state index contributed by atoms with van der Waals surface area (Å²) in [5, 5.41) is 21.7. The number of aromatic hydroxyl groups is 2. The minimum Gasteiger partial charge on any atom is -0.504 e. The molecule has 2 bridgehead atoms. The van der Waals surface area contributed by atoms with E-state index in [4.69, 9.17) is 4.74 Å². The lowest BCUT2D eigenvalue weighted by Gasteiger charge is -2.39. The number of ether oxygens (including phenoxy) is 1. The number of fused-ring (bicyclic) bond motifs is 2. The van der Waals surface area contributed by atoms with Crippen LogP contribution in [0.2, 0.25) is 0 Å². The number of benzene rings is 1. The minimum atomic E-state index is -0.800. The number of rotatable bonds is 6. The summed E-state index contributed by atoms with van der Waals surface area (Å²) in [5.41, 5.74) is 0.610. The van der Waals surface area contributed by atoms with E-state index in [2.05, 4.69) is 26.1 Å². The highest BCUT2D eigenvalue weighted by atomic mass is 16.5. The van der Waals surface area contributed by atoms with E-state index in [1.54, 1.807) is 11.8 Å². The van der Waals surface area contributed by atoms with Crippen LogP contribution in [0, 0.1) is 16.7 Å². The molecule has 3 N–H and O–H groups in total. The summed E-state index contributed by atoms with van der Waals surface area (Å²) < 4.78 is 6.04. The van der Waals surface area contributed by atoms with Gasteiger partial charge in [0.05, 0.1) is 6.42 Å². The monoisotopic (exact) mass is 472 g/mol. The second kappa shape index (κ2) is 8.78. The number of amides is 2. The largest absolute Gasteiger partial charge is 0.504 e. The lowest BCUT2D eigenvalue weighted by Crippen LogP contribution is -2.51. The van der Waals surface area contributed by atoms with Gasteiger partial charge in [-0.05, 0) is 68.1 Å². The van der Waals surface area contributed by atoms with Crippen LogP contribution >= 0.6 is 0 Å². The molecule has 1 aliphatic heterocycles. The normalized spacial score (nSPS) is 30.2. The van der Waals surface area contributed by atoms with Crippen molar-refractivity contribution in [3.05, 3.63) is 23.8 Å². The molecule has 3 aliphatic rings. The number of carbonyl (C=O) groups excluding carboxylic acids is 3. The van der Waals surface area contributed by atoms with Crippen molar-refractivity contribution in [2.45, 2.75) is 84.4 Å². The van der Waals surface area contributed by atoms with E-state index < -0.39 is 12.1 Å². The first kappa shape index (κ1) is 24.4. The minimum absolute atomic E-state index is 0.0370. The van der Waals surface area contributed by atoms with Crippen molar-refractivity contribution in [3.63, 3.8) is 0 Å². The standard InChI is InChI=1S/C26H36N2O6/c1-15(27-22(31)13-16-7-8-19(29)20(30)12-16)23(32)28-11-5-6-18(28)24(33)34-21-14-17-9-10-26(21,4)25(17,2)3/h7-8,12,15,17-18,21,29-30H,5-6,9-11,13-14H2,1-4H3,(H,27,31)/t15-,17?,18-,21?,26?/m0/s1. The molecule has 3 unspecified atom stereocenters. The van der Waals surface area contributed by atoms with Crippen LogP contribution in [-0.2, 0) is 25.5 Å². The Labute approximate surface area is 200 Å². The van der Waals surface area contributed by atoms with Crippen LogP contribution in [0.3, 0.4) is 0 Å². The fourth-order valence-corrected chi connectivity index (χ4v) is 6.27. The maximum absolute atomic E-state index is 13.1. The van der Waals surface area contributed by atoms with Crippen LogP contribution in [0.5, 0.6) is 11.5 Å². The smallest absolute Gasteiger partial charge is 0.329 e. The zero-order valence-electron chi connectivity index (χ0n) is 20.5. The van der Waals surface area contributed by atoms with Crippen LogP contribution < -0.4 is 5.32 Å². The average molecular weight is 473 g/mol. The van der Waals surface area contributed by atoms with Crippen molar-refractivity contribution in [2.24, 2.45) is 16.7 Å². The molecule has 4 rings (SSSR count). The fraction of sp³-hybridized carbons (Fsp3) is 0.654. The summed E-state index contributed by atoms with van der Waals surface area (Å²) >= 11 is 0. The predicted molar refractivity (Wildman–Crippen MR) is 125 cm³/mol. The summed E-state index contributed by atoms with van der Waals surface area (Å²) in [6, 6.07) is 2.73. The Morgan fingerprint density at radius 1 is 1.18 bits per heavy atom. The molecule has 3 fully saturated rings. The molecule has 0 aromatic heterocycles. The van der Waals surface area contributed by atoms with Gasteiger partial charge in [0, 0.05) is 12.0 Å². The Kier molecular flexibility index (Phi) is 6.29. The van der Waals surface area contributed by atoms with Crippen LogP contribution in [0.1, 0.15) is 65.4 Å². The van der Waals surface area contributed by atoms with Gasteiger partial charge in [-0.1, -0.05) is 26.8 Å². The van der Waals surface area contributed by atoms with Crippen molar-refractivity contribution in [1.29, 1.82) is 0 Å². The summed E-state index contributed by atoms with van der Waals surface area (Å²) in [7, 11) is 0. The number of nitrogens with one attached hydrogen (secondary N) is 1. The molecule has 34 heavy (non-hydrogen) atoms. The summed E-state index contributed by atoms with van der Waals surface area (Å²) in [6.45, 7) is 8.83. The molecule has 2 amide bonds. The van der Waals surface area contributed by atoms with Gasteiger partial charge in [-0.25, -0.2) is 4.79 Å². The van der Waals surface area contributed by atoms with E-state index in [1.807, 2.05) is 0 Å². The van der Waals surface area contributed by atoms with E-state index in [-0.39, 0.29) is 52.6 Å². The number of carbonyl (C=O) groups is 3. The predicted octanol–water partition coefficient (Wildman–Crippen LogP) is 2.89. The first-order chi connectivity index (χ1) is 15.9. The lowest BCUT2D eigenvalue weighted by molar-refractivity contribution is -0.165. The number of hydrogen-bond acceptors (Lipinski definition) is 6. The van der Waals surface area contributed by atoms with Crippen molar-refractivity contribution in [3.8, 4) is 11.5 Å². The molecule has 0 spiro atoms. The number of likely N-dealkylation sites (tertiary alicyclic amines) is 1. The van der Waals surface area contributed by atoms with E-state index >= 15 is 0 Å². The Morgan fingerprint density at radius 3 is 2.53 bits per heavy atom. The van der Waals surface area contributed by atoms with E-state index in [1.165, 1.54) is 24.6 Å². The van der Waals surface area contributed by atoms with Crippen LogP contribution in [0.15, 0.2) is 18.2 Å². The molecular weight excluding hydrogens is 436 g/mol. The number of phenols is 2. The first-order valence-electron chi connectivity index (χ1n) is 12.2. The summed E-state index contributed by atoms with van der Waals surface area (Å²) in [4.78, 5) is 40.2. The van der Waals surface area contributed by atoms with E-state index in [0.29, 0.717) is 24.4 Å². The molecule has 0 radical (unpaired) electrons. The third-order valence-electron chi connectivity index (χ3n) is 8.93. The van der Waals surface area contributed by atoms with Gasteiger partial charge in [0.25, 0.3) is 0 Å². The lowest BCUT2D eigenvalue weighted by atomic mass is 9.70. The molecule has 1 heterocycles. The molecule has 5 atom stereocenters. The van der Waals surface area contributed by atoms with Gasteiger partial charge in [-0.2, -0.15) is 0 Å². The maximum atomic E-state index is 13.1. The number of phenolic OH excluding ortho intramolecular Hbond substituents is 2. The van der Waals surface area contributed by atoms with Crippen molar-refractivity contribution >= 4 is 17.8 Å². The molecule has 8 heteroatoms. The van der Waals surface area contributed by atoms with Gasteiger partial charge in [0.1, 0.15) is 18.2 Å². The second-order valence-corrected chi connectivity index (χ2v) is 11.0. The van der Waals surface area contributed by atoms with Gasteiger partial charge in [0.15, 0.2) is 11.5 Å². The topological polar surface area (TPSA) is 116 Å². The average Bonchev–Trinajstić information content (AvgIpc) is 3.39. The van der Waals surface area contributed by atoms with Crippen molar-refractivity contribution in [2.75, 3.05) is 6.54 Å². The Balaban J connectivity index is 1.34. The Morgan fingerprint density at radius 2 is 1.91 bits per heavy atom. The molecule has 8 nitrogen and oxygen atoms in total. The Bertz CT molecular complexity index is 992. The molecule has 2 aliphatic carbocycles. The highest BCUT2D eigenvalue weighted by molar-refractivity contribution is 5.91. The molecule has 1 aromatic carbocycles. The highest BCUT2D eigenvalue weighted by Gasteiger charge is 2.63. The van der Waals surface area contributed by atoms with Crippen molar-refractivity contribution < 1.29 is 29.3 Å². The quantitative estimate of drug-likeness (QED) is 0.433. The van der Waals surface area contributed by atoms with Gasteiger partial charge < -0.3 is 25.2 Å². The third-order valence-corrected chi connectivity index (χ3v) is 8.93. The molecule has 2 saturated carbocycles. The highest BCUT2D eigenvalue weighted by Crippen LogP contribution is 2.66. The summed E-state index contributed by atoms with van der Waals surface area (Å²) in [6.07, 6.45) is 4.22. The zero-order chi connectivity index (χ0) is 24.8. The SMILES string of the molecule is C[C@H](NC(=O)Cc1ccc(O)c(O)c1)C(=O)N1CCC[C@H]1C(=O)OC1CC2CCC1(C)C2(C)C. The molecule has 186 valence electrons. The number of nitrogens with zero attached hydrogens (tertiary/aromatic N) is 1. The maximum Gasteiger partial charge on any atom is 0.329 e. The third kappa shape index (κ3) is 4.12. The van der Waals surface area contributed by atoms with Gasteiger partial charge in [-0.3, -0.25) is 9.59 Å². The van der Waals surface area contributed by atoms with Crippen LogP contribution in [-0.4, -0.2) is 57.6 Å². The Hall–Kier alpha value is -2.77. The van der Waals surface area contributed by atoms with Gasteiger partial charge in [-0.15, -0.1) is 0 Å². The number of hydrogen-bond donors (Lipinski definition) is 3. The van der Waals surface area contributed by atoms with Gasteiger partial charge >= 0.3 is 5.97 Å². The van der Waals surface area contributed by atoms with E-state index in [0.717, 1.165) is 19.3 Å². The zero-order valence-corrected chi connectivity index (χ0v) is 20.5. The molecular formula is C26H36N2O6. The summed E-state index contributed by atoms with van der Waals surface area (Å²) in [5.74, 6) is -1.04. The van der Waals surface area contributed by atoms with Crippen LogP contribution in [0.4, 0.5) is 0 Å². The van der Waals surface area contributed by atoms with E-state index in [9.17, 15) is 24.6 Å². The van der Waals surface area contributed by atoms with Gasteiger partial charge in [0.2, 0.25) is 11.8 Å². The molecule has 1 aromatic rings. The first-order valence-corrected chi connectivity index (χ1v) is 12.2. The van der Waals surface area contributed by atoms with Crippen LogP contribution in [0.25, 0.3) is 0 Å². The number of esters is 1. The fourth-order valence-electron chi connectivity index (χ4n) is 6.27. The van der Waals surface area contributed by atoms with Crippen molar-refractivity contribution in [1.82, 2.24) is 10.2 Å². The molecule has 1 saturated heterocycles. The second-order valence-electron chi connectivity index (χ2n) is 11.0.